The lowest BCUT2D eigenvalue weighted by Crippen LogP contribution is -2.46. The molecular weight excluding hydrogens is 356 g/mol. The molecule has 1 amide bonds. The maximum Gasteiger partial charge on any atom is 0.257 e. The van der Waals surface area contributed by atoms with Crippen molar-refractivity contribution in [1.29, 1.82) is 0 Å². The number of nitrogens with one attached hydrogen (secondary N) is 2. The van der Waals surface area contributed by atoms with Crippen LogP contribution in [0.1, 0.15) is 77.1 Å². The number of carbonyl (C=O) groups excluding carboxylic acids is 1. The van der Waals surface area contributed by atoms with E-state index in [9.17, 15) is 4.79 Å². The van der Waals surface area contributed by atoms with Crippen LogP contribution in [0.2, 0.25) is 0 Å². The molecule has 5 heteroatoms. The largest absolute Gasteiger partial charge is 0.491 e. The van der Waals surface area contributed by atoms with Gasteiger partial charge in [0.25, 0.3) is 5.91 Å². The van der Waals surface area contributed by atoms with Crippen molar-refractivity contribution >= 4 is 23.2 Å². The van der Waals surface area contributed by atoms with Gasteiger partial charge < -0.3 is 10.1 Å². The molecule has 0 spiro atoms. The van der Waals surface area contributed by atoms with Crippen LogP contribution < -0.4 is 15.4 Å². The van der Waals surface area contributed by atoms with E-state index in [0.29, 0.717) is 27.9 Å². The zero-order valence-electron chi connectivity index (χ0n) is 17.3. The van der Waals surface area contributed by atoms with Gasteiger partial charge in [-0.3, -0.25) is 10.1 Å². The average Bonchev–Trinajstić information content (AvgIpc) is 2.61. The molecule has 1 atom stereocenters. The predicted molar refractivity (Wildman–Crippen MR) is 115 cm³/mol. The van der Waals surface area contributed by atoms with E-state index in [2.05, 4.69) is 38.3 Å². The number of hydrogen-bond acceptors (Lipinski definition) is 3. The van der Waals surface area contributed by atoms with E-state index in [4.69, 9.17) is 17.0 Å². The summed E-state index contributed by atoms with van der Waals surface area (Å²) in [6, 6.07) is 7.58. The second kappa shape index (κ2) is 9.54. The monoisotopic (exact) mass is 390 g/mol. The van der Waals surface area contributed by atoms with E-state index >= 15 is 0 Å². The first kappa shape index (κ1) is 21.7. The Kier molecular flexibility index (Phi) is 7.66. The molecule has 0 heterocycles. The number of ether oxygens (including phenoxy) is 1. The zero-order chi connectivity index (χ0) is 20.0. The van der Waals surface area contributed by atoms with Crippen molar-refractivity contribution in [3.05, 3.63) is 29.8 Å². The maximum atomic E-state index is 12.5. The quantitative estimate of drug-likeness (QED) is 0.689. The summed E-state index contributed by atoms with van der Waals surface area (Å²) in [5, 5.41) is 6.53. The molecular formula is C22H34N2O2S. The van der Waals surface area contributed by atoms with Crippen molar-refractivity contribution in [1.82, 2.24) is 10.6 Å². The van der Waals surface area contributed by atoms with Gasteiger partial charge >= 0.3 is 0 Å². The van der Waals surface area contributed by atoms with Gasteiger partial charge in [0.05, 0.1) is 6.10 Å². The fourth-order valence-corrected chi connectivity index (χ4v) is 3.79. The molecule has 1 aromatic rings. The Morgan fingerprint density at radius 2 is 1.93 bits per heavy atom. The summed E-state index contributed by atoms with van der Waals surface area (Å²) >= 11 is 5.36. The molecule has 4 nitrogen and oxygen atoms in total. The van der Waals surface area contributed by atoms with Gasteiger partial charge in [0, 0.05) is 11.6 Å². The number of benzene rings is 1. The molecule has 1 aliphatic rings. The highest BCUT2D eigenvalue weighted by molar-refractivity contribution is 7.80. The lowest BCUT2D eigenvalue weighted by Gasteiger charge is -2.37. The van der Waals surface area contributed by atoms with Gasteiger partial charge in [-0.05, 0) is 80.8 Å². The van der Waals surface area contributed by atoms with Gasteiger partial charge in [-0.1, -0.05) is 33.8 Å². The maximum absolute atomic E-state index is 12.5. The third-order valence-corrected chi connectivity index (χ3v) is 5.74. The van der Waals surface area contributed by atoms with Gasteiger partial charge in [-0.15, -0.1) is 0 Å². The molecule has 0 radical (unpaired) electrons. The number of thiocarbonyl (C=S) groups is 1. The Balaban J connectivity index is 1.84. The fraction of sp³-hybridized carbons (Fsp3) is 0.636. The first-order valence-electron chi connectivity index (χ1n) is 10.1. The molecule has 27 heavy (non-hydrogen) atoms. The van der Waals surface area contributed by atoms with Crippen LogP contribution in [0.25, 0.3) is 0 Å². The van der Waals surface area contributed by atoms with Gasteiger partial charge in [0.2, 0.25) is 0 Å². The molecule has 1 fully saturated rings. The van der Waals surface area contributed by atoms with Gasteiger partial charge in [0.15, 0.2) is 5.11 Å². The topological polar surface area (TPSA) is 50.4 Å². The number of amides is 1. The molecule has 1 aromatic carbocycles. The van der Waals surface area contributed by atoms with E-state index in [1.807, 2.05) is 19.1 Å². The van der Waals surface area contributed by atoms with Crippen molar-refractivity contribution in [2.45, 2.75) is 78.9 Å². The fourth-order valence-electron chi connectivity index (χ4n) is 3.53. The third-order valence-electron chi connectivity index (χ3n) is 5.52. The van der Waals surface area contributed by atoms with E-state index in [-0.39, 0.29) is 12.0 Å². The summed E-state index contributed by atoms with van der Waals surface area (Å²) < 4.78 is 5.79. The van der Waals surface area contributed by atoms with Crippen molar-refractivity contribution in [3.63, 3.8) is 0 Å². The van der Waals surface area contributed by atoms with Crippen LogP contribution in [0.5, 0.6) is 5.75 Å². The van der Waals surface area contributed by atoms with Crippen molar-refractivity contribution in [2.75, 3.05) is 0 Å². The molecule has 0 saturated heterocycles. The average molecular weight is 391 g/mol. The highest BCUT2D eigenvalue weighted by Gasteiger charge is 2.29. The number of carbonyl (C=O) groups is 1. The summed E-state index contributed by atoms with van der Waals surface area (Å²) in [6.07, 6.45) is 5.63. The molecule has 2 N–H and O–H groups in total. The number of hydrogen-bond donors (Lipinski definition) is 2. The summed E-state index contributed by atoms with van der Waals surface area (Å²) in [5.74, 6) is 1.26. The molecule has 150 valence electrons. The van der Waals surface area contributed by atoms with Crippen molar-refractivity contribution < 1.29 is 9.53 Å². The predicted octanol–water partition coefficient (Wildman–Crippen LogP) is 5.07. The smallest absolute Gasteiger partial charge is 0.257 e. The standard InChI is InChI=1S/C22H34N2O2S/c1-6-15(2)26-19-9-7-8-16(14-19)20(25)24-21(27)23-18-12-10-17(11-13-18)22(3,4)5/h7-9,14-15,17-18H,6,10-13H2,1-5H3,(H2,23,24,25,27). The summed E-state index contributed by atoms with van der Waals surface area (Å²) in [4.78, 5) is 12.5. The van der Waals surface area contributed by atoms with E-state index in [0.717, 1.165) is 25.2 Å². The number of rotatable bonds is 5. The lowest BCUT2D eigenvalue weighted by molar-refractivity contribution is 0.0975. The summed E-state index contributed by atoms with van der Waals surface area (Å²) in [7, 11) is 0. The Morgan fingerprint density at radius 1 is 1.26 bits per heavy atom. The van der Waals surface area contributed by atoms with Crippen molar-refractivity contribution in [2.24, 2.45) is 11.3 Å². The lowest BCUT2D eigenvalue weighted by atomic mass is 9.71. The SMILES string of the molecule is CCC(C)Oc1cccc(C(=O)NC(=S)NC2CCC(C(C)(C)C)CC2)c1. The molecule has 0 aromatic heterocycles. The van der Waals surface area contributed by atoms with Gasteiger partial charge in [-0.2, -0.15) is 0 Å². The minimum Gasteiger partial charge on any atom is -0.491 e. The zero-order valence-corrected chi connectivity index (χ0v) is 18.1. The minimum absolute atomic E-state index is 0.120. The van der Waals surface area contributed by atoms with Gasteiger partial charge in [0.1, 0.15) is 5.75 Å². The normalized spacial score (nSPS) is 21.2. The Labute approximate surface area is 169 Å². The minimum atomic E-state index is -0.203. The highest BCUT2D eigenvalue weighted by Crippen LogP contribution is 2.37. The van der Waals surface area contributed by atoms with Crippen LogP contribution in [-0.2, 0) is 0 Å². The third kappa shape index (κ3) is 6.80. The summed E-state index contributed by atoms with van der Waals surface area (Å²) in [6.45, 7) is 11.0. The van der Waals surface area contributed by atoms with Crippen LogP contribution in [0.3, 0.4) is 0 Å². The highest BCUT2D eigenvalue weighted by atomic mass is 32.1. The van der Waals surface area contributed by atoms with Crippen LogP contribution in [0.15, 0.2) is 24.3 Å². The first-order chi connectivity index (χ1) is 12.7. The van der Waals surface area contributed by atoms with Gasteiger partial charge in [-0.25, -0.2) is 0 Å². The van der Waals surface area contributed by atoms with Crippen LogP contribution in [-0.4, -0.2) is 23.2 Å². The second-order valence-electron chi connectivity index (χ2n) is 8.71. The molecule has 2 rings (SSSR count). The van der Waals surface area contributed by atoms with Crippen LogP contribution in [0, 0.1) is 11.3 Å². The molecule has 0 bridgehead atoms. The molecule has 1 unspecified atom stereocenters. The Morgan fingerprint density at radius 3 is 2.52 bits per heavy atom. The molecule has 1 aliphatic carbocycles. The van der Waals surface area contributed by atoms with E-state index in [1.165, 1.54) is 12.8 Å². The van der Waals surface area contributed by atoms with E-state index < -0.39 is 0 Å². The Hall–Kier alpha value is -1.62. The van der Waals surface area contributed by atoms with Crippen LogP contribution >= 0.6 is 12.2 Å². The van der Waals surface area contributed by atoms with E-state index in [1.54, 1.807) is 12.1 Å². The first-order valence-corrected chi connectivity index (χ1v) is 10.5. The second-order valence-corrected chi connectivity index (χ2v) is 9.11. The molecule has 1 saturated carbocycles. The molecule has 0 aliphatic heterocycles. The van der Waals surface area contributed by atoms with Crippen LogP contribution in [0.4, 0.5) is 0 Å². The van der Waals surface area contributed by atoms with Crippen molar-refractivity contribution in [3.8, 4) is 5.75 Å². The summed E-state index contributed by atoms with van der Waals surface area (Å²) in [5.41, 5.74) is 0.915. The Bertz CT molecular complexity index is 646.